The Morgan fingerprint density at radius 3 is 3.00 bits per heavy atom. The van der Waals surface area contributed by atoms with Crippen molar-refractivity contribution in [1.82, 2.24) is 15.0 Å². The second-order valence-corrected chi connectivity index (χ2v) is 3.50. The summed E-state index contributed by atoms with van der Waals surface area (Å²) in [6.45, 7) is 0.953. The fourth-order valence-corrected chi connectivity index (χ4v) is 1.29. The minimum absolute atomic E-state index is 0.0867. The molecule has 6 heteroatoms. The third-order valence-corrected chi connectivity index (χ3v) is 2.26. The molecule has 0 aliphatic rings. The molecule has 1 aromatic heterocycles. The van der Waals surface area contributed by atoms with Gasteiger partial charge >= 0.3 is 0 Å². The summed E-state index contributed by atoms with van der Waals surface area (Å²) < 4.78 is 20.0. The summed E-state index contributed by atoms with van der Waals surface area (Å²) >= 11 is 5.54. The molecule has 0 spiro atoms. The minimum Gasteiger partial charge on any atom is -0.492 e. The van der Waals surface area contributed by atoms with E-state index in [-0.39, 0.29) is 5.02 Å². The molecule has 2 aromatic rings. The maximum Gasteiger partial charge on any atom is 0.145 e. The van der Waals surface area contributed by atoms with Crippen molar-refractivity contribution in [2.24, 2.45) is 0 Å². The molecule has 0 unspecified atom stereocenters. The van der Waals surface area contributed by atoms with E-state index in [2.05, 4.69) is 10.3 Å². The van der Waals surface area contributed by atoms with Gasteiger partial charge in [0.1, 0.15) is 18.2 Å². The van der Waals surface area contributed by atoms with E-state index in [0.717, 1.165) is 0 Å². The largest absolute Gasteiger partial charge is 0.492 e. The highest BCUT2D eigenvalue weighted by Gasteiger charge is 2.01. The van der Waals surface area contributed by atoms with Crippen LogP contribution in [-0.4, -0.2) is 21.6 Å². The van der Waals surface area contributed by atoms with Crippen molar-refractivity contribution in [2.75, 3.05) is 6.61 Å². The van der Waals surface area contributed by atoms with Crippen LogP contribution in [0, 0.1) is 5.82 Å². The third-order valence-electron chi connectivity index (χ3n) is 1.95. The van der Waals surface area contributed by atoms with Gasteiger partial charge in [-0.25, -0.2) is 9.07 Å². The molecule has 0 bridgehead atoms. The quantitative estimate of drug-likeness (QED) is 0.824. The lowest BCUT2D eigenvalue weighted by molar-refractivity contribution is 0.288. The van der Waals surface area contributed by atoms with Crippen LogP contribution in [0.5, 0.6) is 5.75 Å². The van der Waals surface area contributed by atoms with Crippen LogP contribution in [0.25, 0.3) is 0 Å². The predicted molar refractivity (Wildman–Crippen MR) is 56.9 cm³/mol. The highest BCUT2D eigenvalue weighted by atomic mass is 35.5. The monoisotopic (exact) mass is 241 g/mol. The van der Waals surface area contributed by atoms with Gasteiger partial charge in [0.25, 0.3) is 0 Å². The SMILES string of the molecule is Fc1cc(OCCn2ccnn2)ccc1Cl. The van der Waals surface area contributed by atoms with Crippen molar-refractivity contribution in [3.05, 3.63) is 41.4 Å². The lowest BCUT2D eigenvalue weighted by Gasteiger charge is -2.06. The zero-order valence-electron chi connectivity index (χ0n) is 8.31. The van der Waals surface area contributed by atoms with E-state index in [9.17, 15) is 4.39 Å². The molecule has 0 aliphatic carbocycles. The van der Waals surface area contributed by atoms with Gasteiger partial charge in [-0.2, -0.15) is 0 Å². The van der Waals surface area contributed by atoms with E-state index in [1.165, 1.54) is 12.1 Å². The number of nitrogens with zero attached hydrogens (tertiary/aromatic N) is 3. The van der Waals surface area contributed by atoms with Crippen LogP contribution in [0.2, 0.25) is 5.02 Å². The number of rotatable bonds is 4. The number of hydrogen-bond acceptors (Lipinski definition) is 3. The van der Waals surface area contributed by atoms with Crippen molar-refractivity contribution in [1.29, 1.82) is 0 Å². The Kier molecular flexibility index (Phi) is 3.36. The zero-order chi connectivity index (χ0) is 11.4. The fourth-order valence-electron chi connectivity index (χ4n) is 1.18. The molecular weight excluding hydrogens is 233 g/mol. The van der Waals surface area contributed by atoms with Gasteiger partial charge in [-0.3, -0.25) is 0 Å². The average molecular weight is 242 g/mol. The van der Waals surface area contributed by atoms with Crippen LogP contribution in [0.15, 0.2) is 30.6 Å². The Bertz CT molecular complexity index is 461. The van der Waals surface area contributed by atoms with Gasteiger partial charge in [0.05, 0.1) is 17.8 Å². The maximum absolute atomic E-state index is 13.0. The Labute approximate surface area is 96.6 Å². The standard InChI is InChI=1S/C10H9ClFN3O/c11-9-2-1-8(7-10(9)12)16-6-5-15-4-3-13-14-15/h1-4,7H,5-6H2. The highest BCUT2D eigenvalue weighted by Crippen LogP contribution is 2.20. The van der Waals surface area contributed by atoms with Crippen LogP contribution in [-0.2, 0) is 6.54 Å². The molecule has 1 aromatic carbocycles. The first kappa shape index (κ1) is 10.9. The molecule has 0 saturated carbocycles. The van der Waals surface area contributed by atoms with Crippen molar-refractivity contribution in [2.45, 2.75) is 6.54 Å². The van der Waals surface area contributed by atoms with Crippen LogP contribution in [0.4, 0.5) is 4.39 Å². The Morgan fingerprint density at radius 2 is 2.31 bits per heavy atom. The molecule has 0 aliphatic heterocycles. The zero-order valence-corrected chi connectivity index (χ0v) is 9.06. The predicted octanol–water partition coefficient (Wildman–Crippen LogP) is 2.15. The highest BCUT2D eigenvalue weighted by molar-refractivity contribution is 6.30. The molecule has 4 nitrogen and oxygen atoms in total. The van der Waals surface area contributed by atoms with E-state index in [4.69, 9.17) is 16.3 Å². The fraction of sp³-hybridized carbons (Fsp3) is 0.200. The first-order valence-corrected chi connectivity index (χ1v) is 5.05. The summed E-state index contributed by atoms with van der Waals surface area (Å²) in [6.07, 6.45) is 3.31. The van der Waals surface area contributed by atoms with Crippen LogP contribution < -0.4 is 4.74 Å². The Morgan fingerprint density at radius 1 is 1.44 bits per heavy atom. The van der Waals surface area contributed by atoms with E-state index in [1.807, 2.05) is 0 Å². The second-order valence-electron chi connectivity index (χ2n) is 3.09. The smallest absolute Gasteiger partial charge is 0.145 e. The Balaban J connectivity index is 1.87. The first-order chi connectivity index (χ1) is 7.75. The van der Waals surface area contributed by atoms with Gasteiger partial charge in [0.15, 0.2) is 0 Å². The lowest BCUT2D eigenvalue weighted by atomic mass is 10.3. The number of halogens is 2. The summed E-state index contributed by atoms with van der Waals surface area (Å²) in [5, 5.41) is 7.51. The van der Waals surface area contributed by atoms with Crippen LogP contribution >= 0.6 is 11.6 Å². The number of aromatic nitrogens is 3. The van der Waals surface area contributed by atoms with Crippen LogP contribution in [0.3, 0.4) is 0 Å². The van der Waals surface area contributed by atoms with Gasteiger partial charge in [-0.15, -0.1) is 5.10 Å². The van der Waals surface area contributed by atoms with Crippen LogP contribution in [0.1, 0.15) is 0 Å². The molecular formula is C10H9ClFN3O. The first-order valence-electron chi connectivity index (χ1n) is 4.67. The molecule has 0 atom stereocenters. The average Bonchev–Trinajstić information content (AvgIpc) is 2.76. The molecule has 84 valence electrons. The van der Waals surface area contributed by atoms with Gasteiger partial charge in [-0.1, -0.05) is 16.8 Å². The van der Waals surface area contributed by atoms with Crippen molar-refractivity contribution in [3.63, 3.8) is 0 Å². The molecule has 0 radical (unpaired) electrons. The number of hydrogen-bond donors (Lipinski definition) is 0. The van der Waals surface area contributed by atoms with E-state index in [0.29, 0.717) is 18.9 Å². The van der Waals surface area contributed by atoms with Crippen molar-refractivity contribution < 1.29 is 9.13 Å². The third kappa shape index (κ3) is 2.70. The molecule has 0 N–H and O–H groups in total. The van der Waals surface area contributed by atoms with Gasteiger partial charge in [0, 0.05) is 12.3 Å². The maximum atomic E-state index is 13.0. The molecule has 0 amide bonds. The van der Waals surface area contributed by atoms with E-state index in [1.54, 1.807) is 23.1 Å². The van der Waals surface area contributed by atoms with Crippen molar-refractivity contribution >= 4 is 11.6 Å². The van der Waals surface area contributed by atoms with Crippen molar-refractivity contribution in [3.8, 4) is 5.75 Å². The molecule has 2 rings (SSSR count). The number of ether oxygens (including phenoxy) is 1. The summed E-state index contributed by atoms with van der Waals surface area (Å²) in [5.41, 5.74) is 0. The Hall–Kier alpha value is -1.62. The van der Waals surface area contributed by atoms with E-state index >= 15 is 0 Å². The minimum atomic E-state index is -0.486. The van der Waals surface area contributed by atoms with Gasteiger partial charge in [0.2, 0.25) is 0 Å². The normalized spacial score (nSPS) is 10.4. The molecule has 1 heterocycles. The second kappa shape index (κ2) is 4.94. The van der Waals surface area contributed by atoms with Gasteiger partial charge in [-0.05, 0) is 12.1 Å². The van der Waals surface area contributed by atoms with E-state index < -0.39 is 5.82 Å². The topological polar surface area (TPSA) is 39.9 Å². The molecule has 16 heavy (non-hydrogen) atoms. The molecule has 0 saturated heterocycles. The summed E-state index contributed by atoms with van der Waals surface area (Å²) in [4.78, 5) is 0. The lowest BCUT2D eigenvalue weighted by Crippen LogP contribution is -2.08. The number of benzene rings is 1. The molecule has 0 fully saturated rings. The van der Waals surface area contributed by atoms with Gasteiger partial charge < -0.3 is 4.74 Å². The summed E-state index contributed by atoms with van der Waals surface area (Å²) in [5.74, 6) is -0.0399. The summed E-state index contributed by atoms with van der Waals surface area (Å²) in [6, 6.07) is 4.33. The summed E-state index contributed by atoms with van der Waals surface area (Å²) in [7, 11) is 0.